The highest BCUT2D eigenvalue weighted by Gasteiger charge is 2.39. The van der Waals surface area contributed by atoms with Crippen molar-refractivity contribution in [2.24, 2.45) is 0 Å². The smallest absolute Gasteiger partial charge is 0.225 e. The average Bonchev–Trinajstić information content (AvgIpc) is 3.17. The molecule has 5 heteroatoms. The van der Waals surface area contributed by atoms with Gasteiger partial charge in [-0.05, 0) is 30.5 Å². The lowest BCUT2D eigenvalue weighted by Gasteiger charge is -2.16. The van der Waals surface area contributed by atoms with Gasteiger partial charge in [0.25, 0.3) is 0 Å². The first kappa shape index (κ1) is 13.1. The van der Waals surface area contributed by atoms with Crippen LogP contribution in [0, 0.1) is 5.82 Å². The molecular formula is C15H17FN2O2. The van der Waals surface area contributed by atoms with Gasteiger partial charge in [-0.25, -0.2) is 4.39 Å². The molecule has 1 aliphatic carbocycles. The Morgan fingerprint density at radius 1 is 1.30 bits per heavy atom. The van der Waals surface area contributed by atoms with Crippen LogP contribution < -0.4 is 5.32 Å². The van der Waals surface area contributed by atoms with Crippen molar-refractivity contribution in [1.29, 1.82) is 0 Å². The first-order chi connectivity index (χ1) is 9.61. The molecule has 2 fully saturated rings. The van der Waals surface area contributed by atoms with Crippen LogP contribution in [-0.2, 0) is 16.0 Å². The van der Waals surface area contributed by atoms with E-state index in [4.69, 9.17) is 0 Å². The van der Waals surface area contributed by atoms with Crippen LogP contribution in [0.3, 0.4) is 0 Å². The Morgan fingerprint density at radius 2 is 2.00 bits per heavy atom. The summed E-state index contributed by atoms with van der Waals surface area (Å²) in [6, 6.07) is 6.21. The number of halogens is 1. The molecular weight excluding hydrogens is 259 g/mol. The van der Waals surface area contributed by atoms with Crippen molar-refractivity contribution in [3.05, 3.63) is 35.6 Å². The zero-order valence-electron chi connectivity index (χ0n) is 11.1. The van der Waals surface area contributed by atoms with Crippen molar-refractivity contribution in [3.8, 4) is 0 Å². The number of carbonyl (C=O) groups is 2. The molecule has 2 amide bonds. The van der Waals surface area contributed by atoms with E-state index in [0.717, 1.165) is 18.4 Å². The molecule has 1 aliphatic heterocycles. The van der Waals surface area contributed by atoms with Crippen molar-refractivity contribution >= 4 is 11.8 Å². The number of hydrogen-bond acceptors (Lipinski definition) is 2. The first-order valence-corrected chi connectivity index (χ1v) is 6.95. The van der Waals surface area contributed by atoms with Gasteiger partial charge in [0.15, 0.2) is 0 Å². The third-order valence-electron chi connectivity index (χ3n) is 3.79. The molecule has 3 rings (SSSR count). The lowest BCUT2D eigenvalue weighted by atomic mass is 10.1. The van der Waals surface area contributed by atoms with Gasteiger partial charge in [-0.3, -0.25) is 9.59 Å². The lowest BCUT2D eigenvalue weighted by molar-refractivity contribution is -0.128. The average molecular weight is 276 g/mol. The SMILES string of the molecule is O=C(Cc1ccc(F)cc1)NC1CC(=O)N(C2CC2)C1. The fraction of sp³-hybridized carbons (Fsp3) is 0.467. The van der Waals surface area contributed by atoms with Gasteiger partial charge in [-0.15, -0.1) is 0 Å². The Morgan fingerprint density at radius 3 is 2.65 bits per heavy atom. The van der Waals surface area contributed by atoms with Crippen LogP contribution in [0.2, 0.25) is 0 Å². The van der Waals surface area contributed by atoms with E-state index in [9.17, 15) is 14.0 Å². The standard InChI is InChI=1S/C15H17FN2O2/c16-11-3-1-10(2-4-11)7-14(19)17-12-8-15(20)18(9-12)13-5-6-13/h1-4,12-13H,5-9H2,(H,17,19). The molecule has 1 atom stereocenters. The molecule has 1 saturated carbocycles. The van der Waals surface area contributed by atoms with Gasteiger partial charge in [0.1, 0.15) is 5.82 Å². The predicted octanol–water partition coefficient (Wildman–Crippen LogP) is 1.25. The molecule has 0 aromatic heterocycles. The number of nitrogens with one attached hydrogen (secondary N) is 1. The number of carbonyl (C=O) groups excluding carboxylic acids is 2. The molecule has 106 valence electrons. The second kappa shape index (κ2) is 5.23. The zero-order chi connectivity index (χ0) is 14.1. The summed E-state index contributed by atoms with van der Waals surface area (Å²) >= 11 is 0. The highest BCUT2D eigenvalue weighted by molar-refractivity contribution is 5.83. The molecule has 1 aromatic rings. The summed E-state index contributed by atoms with van der Waals surface area (Å²) in [6.45, 7) is 0.624. The van der Waals surface area contributed by atoms with E-state index in [0.29, 0.717) is 19.0 Å². The number of amides is 2. The number of nitrogens with zero attached hydrogens (tertiary/aromatic N) is 1. The minimum Gasteiger partial charge on any atom is -0.351 e. The van der Waals surface area contributed by atoms with Crippen molar-refractivity contribution in [1.82, 2.24) is 10.2 Å². The molecule has 1 N–H and O–H groups in total. The van der Waals surface area contributed by atoms with Gasteiger partial charge in [-0.2, -0.15) is 0 Å². The molecule has 1 saturated heterocycles. The maximum Gasteiger partial charge on any atom is 0.225 e. The number of benzene rings is 1. The summed E-state index contributed by atoms with van der Waals surface area (Å²) in [4.78, 5) is 25.6. The molecule has 0 radical (unpaired) electrons. The van der Waals surface area contributed by atoms with E-state index in [1.807, 2.05) is 4.90 Å². The maximum absolute atomic E-state index is 12.8. The van der Waals surface area contributed by atoms with E-state index in [-0.39, 0.29) is 30.1 Å². The van der Waals surface area contributed by atoms with Crippen LogP contribution in [0.4, 0.5) is 4.39 Å². The highest BCUT2D eigenvalue weighted by Crippen LogP contribution is 2.30. The second-order valence-corrected chi connectivity index (χ2v) is 5.55. The van der Waals surface area contributed by atoms with Crippen LogP contribution in [0.5, 0.6) is 0 Å². The quantitative estimate of drug-likeness (QED) is 0.899. The van der Waals surface area contributed by atoms with Crippen molar-refractivity contribution in [2.45, 2.75) is 37.8 Å². The van der Waals surface area contributed by atoms with E-state index in [1.54, 1.807) is 12.1 Å². The van der Waals surface area contributed by atoms with Crippen LogP contribution in [0.1, 0.15) is 24.8 Å². The van der Waals surface area contributed by atoms with Crippen LogP contribution in [0.15, 0.2) is 24.3 Å². The molecule has 2 aliphatic rings. The van der Waals surface area contributed by atoms with Gasteiger partial charge < -0.3 is 10.2 Å². The Hall–Kier alpha value is -1.91. The number of hydrogen-bond donors (Lipinski definition) is 1. The topological polar surface area (TPSA) is 49.4 Å². The van der Waals surface area contributed by atoms with Crippen LogP contribution >= 0.6 is 0 Å². The summed E-state index contributed by atoms with van der Waals surface area (Å²) in [6.07, 6.45) is 2.78. The third-order valence-corrected chi connectivity index (χ3v) is 3.79. The van der Waals surface area contributed by atoms with Crippen molar-refractivity contribution < 1.29 is 14.0 Å². The van der Waals surface area contributed by atoms with Gasteiger partial charge in [0.05, 0.1) is 12.5 Å². The van der Waals surface area contributed by atoms with E-state index in [2.05, 4.69) is 5.32 Å². The van der Waals surface area contributed by atoms with Crippen molar-refractivity contribution in [2.75, 3.05) is 6.54 Å². The summed E-state index contributed by atoms with van der Waals surface area (Å²) in [7, 11) is 0. The van der Waals surface area contributed by atoms with Crippen molar-refractivity contribution in [3.63, 3.8) is 0 Å². The molecule has 1 unspecified atom stereocenters. The lowest BCUT2D eigenvalue weighted by Crippen LogP contribution is -2.38. The maximum atomic E-state index is 12.8. The van der Waals surface area contributed by atoms with Crippen LogP contribution in [0.25, 0.3) is 0 Å². The van der Waals surface area contributed by atoms with Crippen LogP contribution in [-0.4, -0.2) is 35.3 Å². The largest absolute Gasteiger partial charge is 0.351 e. The molecule has 4 nitrogen and oxygen atoms in total. The molecule has 20 heavy (non-hydrogen) atoms. The second-order valence-electron chi connectivity index (χ2n) is 5.55. The normalized spacial score (nSPS) is 22.1. The minimum absolute atomic E-state index is 0.0870. The summed E-state index contributed by atoms with van der Waals surface area (Å²) in [5, 5.41) is 2.89. The Bertz CT molecular complexity index is 525. The zero-order valence-corrected chi connectivity index (χ0v) is 11.1. The third kappa shape index (κ3) is 2.98. The fourth-order valence-electron chi connectivity index (χ4n) is 2.63. The van der Waals surface area contributed by atoms with E-state index in [1.165, 1.54) is 12.1 Å². The molecule has 0 spiro atoms. The number of likely N-dealkylation sites (tertiary alicyclic amines) is 1. The molecule has 1 heterocycles. The fourth-order valence-corrected chi connectivity index (χ4v) is 2.63. The highest BCUT2D eigenvalue weighted by atomic mass is 19.1. The van der Waals surface area contributed by atoms with Gasteiger partial charge in [0, 0.05) is 19.0 Å². The van der Waals surface area contributed by atoms with Gasteiger partial charge in [-0.1, -0.05) is 12.1 Å². The van der Waals surface area contributed by atoms with Gasteiger partial charge >= 0.3 is 0 Å². The van der Waals surface area contributed by atoms with E-state index < -0.39 is 0 Å². The van der Waals surface area contributed by atoms with Gasteiger partial charge in [0.2, 0.25) is 11.8 Å². The molecule has 0 bridgehead atoms. The first-order valence-electron chi connectivity index (χ1n) is 6.95. The molecule has 1 aromatic carbocycles. The summed E-state index contributed by atoms with van der Waals surface area (Å²) < 4.78 is 12.8. The minimum atomic E-state index is -0.310. The van der Waals surface area contributed by atoms with E-state index >= 15 is 0 Å². The Balaban J connectivity index is 1.51. The number of rotatable bonds is 4. The monoisotopic (exact) mass is 276 g/mol. The summed E-state index contributed by atoms with van der Waals surface area (Å²) in [5.41, 5.74) is 0.771. The Kier molecular flexibility index (Phi) is 3.42. The predicted molar refractivity (Wildman–Crippen MR) is 71.4 cm³/mol. The Labute approximate surface area is 117 Å². The summed E-state index contributed by atoms with van der Waals surface area (Å²) in [5.74, 6) is -0.290.